The molecule has 0 unspecified atom stereocenters. The normalized spacial score (nSPS) is 20.0. The third kappa shape index (κ3) is 4.27. The lowest BCUT2D eigenvalue weighted by Crippen LogP contribution is -2.51. The molecule has 2 heterocycles. The number of benzene rings is 1. The Labute approximate surface area is 158 Å². The van der Waals surface area contributed by atoms with Crippen molar-refractivity contribution in [2.24, 2.45) is 5.92 Å². The van der Waals surface area contributed by atoms with Crippen molar-refractivity contribution in [1.29, 1.82) is 0 Å². The highest BCUT2D eigenvalue weighted by Gasteiger charge is 2.31. The number of piperazine rings is 1. The molecule has 0 spiro atoms. The van der Waals surface area contributed by atoms with Crippen molar-refractivity contribution in [3.63, 3.8) is 0 Å². The van der Waals surface area contributed by atoms with Crippen molar-refractivity contribution >= 4 is 35.0 Å². The van der Waals surface area contributed by atoms with Gasteiger partial charge in [-0.2, -0.15) is 0 Å². The van der Waals surface area contributed by atoms with Crippen LogP contribution in [0.15, 0.2) is 18.2 Å². The van der Waals surface area contributed by atoms with Crippen molar-refractivity contribution in [2.75, 3.05) is 46.3 Å². The van der Waals surface area contributed by atoms with Crippen molar-refractivity contribution in [1.82, 2.24) is 14.7 Å². The predicted molar refractivity (Wildman–Crippen MR) is 99.2 cm³/mol. The predicted octanol–water partition coefficient (Wildman–Crippen LogP) is 2.62. The molecule has 5 nitrogen and oxygen atoms in total. The van der Waals surface area contributed by atoms with Gasteiger partial charge in [0.05, 0.1) is 10.0 Å². The molecule has 2 saturated heterocycles. The zero-order valence-corrected chi connectivity index (χ0v) is 15.9. The van der Waals surface area contributed by atoms with Gasteiger partial charge >= 0.3 is 0 Å². The van der Waals surface area contributed by atoms with E-state index in [4.69, 9.17) is 23.2 Å². The van der Waals surface area contributed by atoms with Crippen molar-refractivity contribution < 1.29 is 9.59 Å². The highest BCUT2D eigenvalue weighted by molar-refractivity contribution is 6.42. The number of hydrogen-bond donors (Lipinski definition) is 0. The molecule has 0 N–H and O–H groups in total. The number of hydrogen-bond acceptors (Lipinski definition) is 3. The van der Waals surface area contributed by atoms with Gasteiger partial charge in [-0.05, 0) is 38.1 Å². The second-order valence-corrected chi connectivity index (χ2v) is 7.64. The van der Waals surface area contributed by atoms with Gasteiger partial charge in [0.25, 0.3) is 5.91 Å². The van der Waals surface area contributed by atoms with Crippen LogP contribution in [-0.4, -0.2) is 72.8 Å². The summed E-state index contributed by atoms with van der Waals surface area (Å²) in [4.78, 5) is 31.3. The van der Waals surface area contributed by atoms with Crippen LogP contribution in [0.4, 0.5) is 0 Å². The maximum absolute atomic E-state index is 12.7. The van der Waals surface area contributed by atoms with E-state index in [1.165, 1.54) is 0 Å². The lowest BCUT2D eigenvalue weighted by atomic mass is 9.94. The largest absolute Gasteiger partial charge is 0.340 e. The third-order valence-electron chi connectivity index (χ3n) is 5.11. The highest BCUT2D eigenvalue weighted by Crippen LogP contribution is 2.25. The summed E-state index contributed by atoms with van der Waals surface area (Å²) in [6.45, 7) is 4.67. The average Bonchev–Trinajstić information content (AvgIpc) is 2.63. The fraction of sp³-hybridized carbons (Fsp3) is 0.556. The number of carbonyl (C=O) groups is 2. The van der Waals surface area contributed by atoms with E-state index in [2.05, 4.69) is 11.9 Å². The summed E-state index contributed by atoms with van der Waals surface area (Å²) in [6.07, 6.45) is 1.44. The first kappa shape index (κ1) is 18.5. The molecule has 2 aliphatic heterocycles. The molecule has 2 aliphatic rings. The number of halogens is 2. The van der Waals surface area contributed by atoms with Gasteiger partial charge in [-0.25, -0.2) is 0 Å². The number of nitrogens with zero attached hydrogens (tertiary/aromatic N) is 3. The minimum atomic E-state index is -0.0518. The lowest BCUT2D eigenvalue weighted by Gasteiger charge is -2.37. The van der Waals surface area contributed by atoms with Gasteiger partial charge in [-0.3, -0.25) is 9.59 Å². The minimum absolute atomic E-state index is 0.0289. The Morgan fingerprint density at radius 1 is 0.920 bits per heavy atom. The molecule has 2 fully saturated rings. The van der Waals surface area contributed by atoms with Crippen LogP contribution in [0.3, 0.4) is 0 Å². The Hall–Kier alpha value is -1.30. The molecule has 2 amide bonds. The fourth-order valence-corrected chi connectivity index (χ4v) is 3.72. The first-order valence-corrected chi connectivity index (χ1v) is 9.43. The van der Waals surface area contributed by atoms with Gasteiger partial charge in [-0.15, -0.1) is 0 Å². The van der Waals surface area contributed by atoms with Crippen LogP contribution in [0.1, 0.15) is 23.2 Å². The van der Waals surface area contributed by atoms with Crippen LogP contribution in [0.25, 0.3) is 0 Å². The zero-order valence-electron chi connectivity index (χ0n) is 14.4. The molecule has 1 aromatic carbocycles. The second kappa shape index (κ2) is 7.94. The zero-order chi connectivity index (χ0) is 18.0. The summed E-state index contributed by atoms with van der Waals surface area (Å²) in [5.74, 6) is 0.222. The average molecular weight is 384 g/mol. The quantitative estimate of drug-likeness (QED) is 0.788. The van der Waals surface area contributed by atoms with Gasteiger partial charge in [0.15, 0.2) is 0 Å². The van der Waals surface area contributed by atoms with Gasteiger partial charge in [0, 0.05) is 50.7 Å². The van der Waals surface area contributed by atoms with Gasteiger partial charge in [-0.1, -0.05) is 23.2 Å². The van der Waals surface area contributed by atoms with Crippen LogP contribution in [0, 0.1) is 5.92 Å². The van der Waals surface area contributed by atoms with Crippen LogP contribution in [0.5, 0.6) is 0 Å². The van der Waals surface area contributed by atoms with Gasteiger partial charge in [0.2, 0.25) is 5.91 Å². The van der Waals surface area contributed by atoms with Crippen molar-refractivity contribution in [3.05, 3.63) is 33.8 Å². The van der Waals surface area contributed by atoms with E-state index >= 15 is 0 Å². The Morgan fingerprint density at radius 3 is 2.16 bits per heavy atom. The van der Waals surface area contributed by atoms with Crippen LogP contribution < -0.4 is 0 Å². The number of likely N-dealkylation sites (tertiary alicyclic amines) is 1. The fourth-order valence-electron chi connectivity index (χ4n) is 3.43. The molecule has 25 heavy (non-hydrogen) atoms. The third-order valence-corrected chi connectivity index (χ3v) is 5.85. The number of amides is 2. The summed E-state index contributed by atoms with van der Waals surface area (Å²) in [6, 6.07) is 4.94. The monoisotopic (exact) mass is 383 g/mol. The molecule has 3 rings (SSSR count). The van der Waals surface area contributed by atoms with Crippen LogP contribution in [0.2, 0.25) is 10.0 Å². The smallest absolute Gasteiger partial charge is 0.253 e. The molecular formula is C18H23Cl2N3O2. The van der Waals surface area contributed by atoms with E-state index in [0.29, 0.717) is 28.7 Å². The summed E-state index contributed by atoms with van der Waals surface area (Å²) < 4.78 is 0. The van der Waals surface area contributed by atoms with E-state index in [1.54, 1.807) is 23.1 Å². The Morgan fingerprint density at radius 2 is 1.56 bits per heavy atom. The van der Waals surface area contributed by atoms with Crippen LogP contribution in [-0.2, 0) is 4.79 Å². The number of likely N-dealkylation sites (N-methyl/N-ethyl adjacent to an activating group) is 1. The van der Waals surface area contributed by atoms with Crippen LogP contribution >= 0.6 is 23.2 Å². The van der Waals surface area contributed by atoms with E-state index in [-0.39, 0.29) is 17.7 Å². The second-order valence-electron chi connectivity index (χ2n) is 6.82. The topological polar surface area (TPSA) is 43.9 Å². The molecule has 0 atom stereocenters. The molecular weight excluding hydrogens is 361 g/mol. The maximum atomic E-state index is 12.7. The molecule has 0 saturated carbocycles. The summed E-state index contributed by atoms with van der Waals surface area (Å²) in [5, 5.41) is 0.822. The van der Waals surface area contributed by atoms with E-state index < -0.39 is 0 Å². The number of piperidine rings is 1. The Balaban J connectivity index is 1.55. The summed E-state index contributed by atoms with van der Waals surface area (Å²) >= 11 is 11.9. The minimum Gasteiger partial charge on any atom is -0.340 e. The van der Waals surface area contributed by atoms with E-state index in [0.717, 1.165) is 39.0 Å². The molecule has 0 bridgehead atoms. The standard InChI is InChI=1S/C18H23Cl2N3O2/c1-21-8-10-23(11-9-21)17(24)13-4-6-22(7-5-13)18(25)14-2-3-15(19)16(20)12-14/h2-3,12-13H,4-11H2,1H3. The van der Waals surface area contributed by atoms with Gasteiger partial charge in [0.1, 0.15) is 0 Å². The SMILES string of the molecule is CN1CCN(C(=O)C2CCN(C(=O)c3ccc(Cl)c(Cl)c3)CC2)CC1. The maximum Gasteiger partial charge on any atom is 0.253 e. The first-order chi connectivity index (χ1) is 12.0. The molecule has 7 heteroatoms. The number of rotatable bonds is 2. The van der Waals surface area contributed by atoms with E-state index in [1.807, 2.05) is 4.90 Å². The van der Waals surface area contributed by atoms with Crippen molar-refractivity contribution in [2.45, 2.75) is 12.8 Å². The number of carbonyl (C=O) groups excluding carboxylic acids is 2. The molecule has 136 valence electrons. The lowest BCUT2D eigenvalue weighted by molar-refractivity contribution is -0.138. The molecule has 0 aromatic heterocycles. The highest BCUT2D eigenvalue weighted by atomic mass is 35.5. The molecule has 1 aromatic rings. The summed E-state index contributed by atoms with van der Waals surface area (Å²) in [7, 11) is 2.08. The molecule has 0 aliphatic carbocycles. The summed E-state index contributed by atoms with van der Waals surface area (Å²) in [5.41, 5.74) is 0.540. The first-order valence-electron chi connectivity index (χ1n) is 8.67. The molecule has 0 radical (unpaired) electrons. The Bertz CT molecular complexity index is 652. The van der Waals surface area contributed by atoms with Gasteiger partial charge < -0.3 is 14.7 Å². The van der Waals surface area contributed by atoms with E-state index in [9.17, 15) is 9.59 Å². The van der Waals surface area contributed by atoms with Crippen molar-refractivity contribution in [3.8, 4) is 0 Å². The Kier molecular flexibility index (Phi) is 5.87.